The van der Waals surface area contributed by atoms with Crippen molar-refractivity contribution >= 4 is 38.6 Å². The van der Waals surface area contributed by atoms with E-state index >= 15 is 0 Å². The topological polar surface area (TPSA) is 77.5 Å². The van der Waals surface area contributed by atoms with Crippen LogP contribution in [-0.2, 0) is 14.3 Å². The lowest BCUT2D eigenvalue weighted by Crippen LogP contribution is -2.23. The summed E-state index contributed by atoms with van der Waals surface area (Å²) in [6, 6.07) is 6.31. The predicted molar refractivity (Wildman–Crippen MR) is 100 cm³/mol. The molecule has 0 atom stereocenters. The molecule has 1 heterocycles. The van der Waals surface area contributed by atoms with Crippen molar-refractivity contribution in [1.82, 2.24) is 4.98 Å². The molecule has 0 aliphatic heterocycles. The number of hydrogen-bond donors (Lipinski definition) is 1. The molecule has 0 aliphatic carbocycles. The second-order valence-corrected chi connectivity index (χ2v) is 7.15. The molecule has 1 aromatic heterocycles. The van der Waals surface area contributed by atoms with E-state index in [2.05, 4.69) is 10.3 Å². The third kappa shape index (κ3) is 4.83. The number of carbonyl (C=O) groups is 2. The molecule has 3 aromatic rings. The third-order valence-electron chi connectivity index (χ3n) is 3.82. The van der Waals surface area contributed by atoms with E-state index in [0.29, 0.717) is 5.75 Å². The fraction of sp³-hybridized carbons (Fsp3) is 0.211. The average Bonchev–Trinajstić information content (AvgIpc) is 3.07. The van der Waals surface area contributed by atoms with Gasteiger partial charge in [-0.05, 0) is 37.1 Å². The van der Waals surface area contributed by atoms with Crippen LogP contribution in [0.2, 0.25) is 0 Å². The quantitative estimate of drug-likeness (QED) is 0.480. The van der Waals surface area contributed by atoms with Gasteiger partial charge in [0, 0.05) is 0 Å². The number of fused-ring (bicyclic) bond motifs is 1. The maximum absolute atomic E-state index is 13.7. The van der Waals surface area contributed by atoms with Crippen LogP contribution in [0.25, 0.3) is 10.2 Å². The molecule has 0 fully saturated rings. The first-order chi connectivity index (χ1) is 13.7. The molecule has 0 radical (unpaired) electrons. The molecular weight excluding hydrogens is 409 g/mol. The van der Waals surface area contributed by atoms with Crippen molar-refractivity contribution in [1.29, 1.82) is 0 Å². The lowest BCUT2D eigenvalue weighted by atomic mass is 10.1. The summed E-state index contributed by atoms with van der Waals surface area (Å²) in [6.45, 7) is 2.69. The Bertz CT molecular complexity index is 1100. The highest BCUT2D eigenvalue weighted by atomic mass is 32.1. The van der Waals surface area contributed by atoms with Crippen LogP contribution in [0.15, 0.2) is 24.3 Å². The van der Waals surface area contributed by atoms with Crippen LogP contribution in [0, 0.1) is 31.3 Å². The Balaban J connectivity index is 1.53. The van der Waals surface area contributed by atoms with Crippen molar-refractivity contribution in [2.45, 2.75) is 13.8 Å². The van der Waals surface area contributed by atoms with Gasteiger partial charge in [-0.2, -0.15) is 0 Å². The summed E-state index contributed by atoms with van der Waals surface area (Å²) < 4.78 is 50.4. The molecule has 3 rings (SSSR count). The van der Waals surface area contributed by atoms with Crippen LogP contribution in [0.1, 0.15) is 11.1 Å². The number of benzene rings is 2. The third-order valence-corrected chi connectivity index (χ3v) is 4.74. The minimum absolute atomic E-state index is 0.0237. The lowest BCUT2D eigenvalue weighted by molar-refractivity contribution is -0.149. The van der Waals surface area contributed by atoms with Crippen LogP contribution in [0.5, 0.6) is 5.75 Å². The van der Waals surface area contributed by atoms with Gasteiger partial charge in [-0.1, -0.05) is 23.5 Å². The van der Waals surface area contributed by atoms with Gasteiger partial charge in [0.25, 0.3) is 5.91 Å². The normalized spacial score (nSPS) is 10.8. The van der Waals surface area contributed by atoms with E-state index in [1.54, 1.807) is 6.07 Å². The van der Waals surface area contributed by atoms with Crippen molar-refractivity contribution < 1.29 is 32.2 Å². The zero-order chi connectivity index (χ0) is 21.1. The van der Waals surface area contributed by atoms with E-state index in [-0.39, 0.29) is 16.4 Å². The summed E-state index contributed by atoms with van der Waals surface area (Å²) in [4.78, 5) is 27.4. The molecule has 10 heteroatoms. The number of esters is 1. The molecule has 29 heavy (non-hydrogen) atoms. The van der Waals surface area contributed by atoms with E-state index in [1.165, 1.54) is 0 Å². The molecule has 0 unspecified atom stereocenters. The largest absolute Gasteiger partial charge is 0.482 e. The number of ether oxygens (including phenoxy) is 2. The highest BCUT2D eigenvalue weighted by Gasteiger charge is 2.18. The van der Waals surface area contributed by atoms with Crippen molar-refractivity contribution in [3.05, 3.63) is 52.8 Å². The predicted octanol–water partition coefficient (Wildman–Crippen LogP) is 3.89. The number of nitrogens with zero attached hydrogens (tertiary/aromatic N) is 1. The second kappa shape index (κ2) is 8.48. The van der Waals surface area contributed by atoms with Gasteiger partial charge in [0.1, 0.15) is 11.3 Å². The number of aromatic nitrogens is 1. The van der Waals surface area contributed by atoms with Gasteiger partial charge in [-0.3, -0.25) is 10.1 Å². The van der Waals surface area contributed by atoms with Crippen LogP contribution in [0.3, 0.4) is 0 Å². The zero-order valence-electron chi connectivity index (χ0n) is 15.3. The first kappa shape index (κ1) is 20.6. The molecule has 0 saturated heterocycles. The summed E-state index contributed by atoms with van der Waals surface area (Å²) in [5, 5.41) is 2.20. The number of nitrogens with one attached hydrogen (secondary N) is 1. The standard InChI is InChI=1S/C19H15F3N2O4S/c1-9-3-4-10(2)12(5-9)27-8-15(26)28-7-14(25)23-19-24-18-13(29-19)6-11(20)16(21)17(18)22/h3-6H,7-8H2,1-2H3,(H,23,24,25). The van der Waals surface area contributed by atoms with Gasteiger partial charge in [0.05, 0.1) is 4.70 Å². The van der Waals surface area contributed by atoms with Gasteiger partial charge in [0.15, 0.2) is 35.8 Å². The van der Waals surface area contributed by atoms with E-state index in [0.717, 1.165) is 28.5 Å². The number of anilines is 1. The summed E-state index contributed by atoms with van der Waals surface area (Å²) >= 11 is 0.752. The number of amides is 1. The Morgan fingerprint density at radius 3 is 2.62 bits per heavy atom. The van der Waals surface area contributed by atoms with E-state index in [1.807, 2.05) is 26.0 Å². The molecule has 0 aliphatic rings. The Hall–Kier alpha value is -3.14. The maximum atomic E-state index is 13.7. The highest BCUT2D eigenvalue weighted by Crippen LogP contribution is 2.30. The van der Waals surface area contributed by atoms with Gasteiger partial charge >= 0.3 is 5.97 Å². The lowest BCUT2D eigenvalue weighted by Gasteiger charge is -2.09. The molecule has 1 amide bonds. The number of carbonyl (C=O) groups excluding carboxylic acids is 2. The van der Waals surface area contributed by atoms with Gasteiger partial charge < -0.3 is 9.47 Å². The van der Waals surface area contributed by atoms with Crippen molar-refractivity contribution in [2.24, 2.45) is 0 Å². The summed E-state index contributed by atoms with van der Waals surface area (Å²) in [5.74, 6) is -5.41. The molecule has 152 valence electrons. The summed E-state index contributed by atoms with van der Waals surface area (Å²) in [6.07, 6.45) is 0. The number of thiazole rings is 1. The smallest absolute Gasteiger partial charge is 0.344 e. The van der Waals surface area contributed by atoms with E-state index in [4.69, 9.17) is 9.47 Å². The SMILES string of the molecule is Cc1ccc(C)c(OCC(=O)OCC(=O)Nc2nc3c(F)c(F)c(F)cc3s2)c1. The molecule has 6 nitrogen and oxygen atoms in total. The van der Waals surface area contributed by atoms with Crippen LogP contribution >= 0.6 is 11.3 Å². The van der Waals surface area contributed by atoms with E-state index in [9.17, 15) is 22.8 Å². The molecule has 0 spiro atoms. The zero-order valence-corrected chi connectivity index (χ0v) is 16.2. The van der Waals surface area contributed by atoms with Gasteiger partial charge in [-0.15, -0.1) is 0 Å². The number of aryl methyl sites for hydroxylation is 2. The average molecular weight is 424 g/mol. The van der Waals surface area contributed by atoms with Gasteiger partial charge in [0.2, 0.25) is 0 Å². The monoisotopic (exact) mass is 424 g/mol. The second-order valence-electron chi connectivity index (χ2n) is 6.12. The van der Waals surface area contributed by atoms with Crippen LogP contribution < -0.4 is 10.1 Å². The van der Waals surface area contributed by atoms with Crippen molar-refractivity contribution in [2.75, 3.05) is 18.5 Å². The minimum atomic E-state index is -1.64. The minimum Gasteiger partial charge on any atom is -0.482 e. The first-order valence-corrected chi connectivity index (χ1v) is 9.16. The fourth-order valence-electron chi connectivity index (χ4n) is 2.37. The maximum Gasteiger partial charge on any atom is 0.344 e. The first-order valence-electron chi connectivity index (χ1n) is 8.34. The Morgan fingerprint density at radius 1 is 1.10 bits per heavy atom. The Morgan fingerprint density at radius 2 is 1.86 bits per heavy atom. The molecule has 2 aromatic carbocycles. The van der Waals surface area contributed by atoms with Crippen LogP contribution in [0.4, 0.5) is 18.3 Å². The van der Waals surface area contributed by atoms with Crippen LogP contribution in [-0.4, -0.2) is 30.1 Å². The number of rotatable bonds is 6. The fourth-order valence-corrected chi connectivity index (χ4v) is 3.27. The van der Waals surface area contributed by atoms with E-state index < -0.39 is 41.5 Å². The molecule has 0 bridgehead atoms. The Labute approximate surface area is 167 Å². The number of halogens is 3. The van der Waals surface area contributed by atoms with Crippen molar-refractivity contribution in [3.63, 3.8) is 0 Å². The van der Waals surface area contributed by atoms with Gasteiger partial charge in [-0.25, -0.2) is 22.9 Å². The molecule has 1 N–H and O–H groups in total. The Kier molecular flexibility index (Phi) is 6.02. The summed E-state index contributed by atoms with van der Waals surface area (Å²) in [5.41, 5.74) is 1.41. The molecular formula is C19H15F3N2O4S. The number of hydrogen-bond acceptors (Lipinski definition) is 6. The molecule has 0 saturated carbocycles. The summed E-state index contributed by atoms with van der Waals surface area (Å²) in [7, 11) is 0. The van der Waals surface area contributed by atoms with Crippen molar-refractivity contribution in [3.8, 4) is 5.75 Å². The highest BCUT2D eigenvalue weighted by molar-refractivity contribution is 7.22.